The van der Waals surface area contributed by atoms with E-state index in [0.29, 0.717) is 12.5 Å². The average Bonchev–Trinajstić information content (AvgIpc) is 3.22. The second kappa shape index (κ2) is 7.21. The summed E-state index contributed by atoms with van der Waals surface area (Å²) in [4.78, 5) is 13.2. The highest BCUT2D eigenvalue weighted by Gasteiger charge is 2.24. The lowest BCUT2D eigenvalue weighted by Crippen LogP contribution is -2.28. The Morgan fingerprint density at radius 1 is 1.50 bits per heavy atom. The Morgan fingerprint density at radius 2 is 2.32 bits per heavy atom. The first-order valence-electron chi connectivity index (χ1n) is 7.18. The molecule has 1 aromatic carbocycles. The first-order chi connectivity index (χ1) is 10.7. The van der Waals surface area contributed by atoms with Crippen LogP contribution < -0.4 is 5.32 Å². The van der Waals surface area contributed by atoms with Crippen molar-refractivity contribution in [2.45, 2.75) is 35.1 Å². The van der Waals surface area contributed by atoms with Crippen molar-refractivity contribution in [3.05, 3.63) is 29.8 Å². The Balaban J connectivity index is 1.62. The first kappa shape index (κ1) is 15.5. The molecule has 2 aromatic rings. The van der Waals surface area contributed by atoms with Crippen LogP contribution in [0.4, 0.5) is 5.69 Å². The van der Waals surface area contributed by atoms with E-state index in [-0.39, 0.29) is 5.91 Å². The van der Waals surface area contributed by atoms with Crippen LogP contribution >= 0.6 is 23.1 Å². The molecule has 1 aliphatic rings. The summed E-state index contributed by atoms with van der Waals surface area (Å²) in [5.74, 6) is 0.529. The molecular formula is C15H17N3O2S2. The van der Waals surface area contributed by atoms with Gasteiger partial charge in [-0.05, 0) is 37.8 Å². The number of nitrogens with one attached hydrogen (secondary N) is 1. The summed E-state index contributed by atoms with van der Waals surface area (Å²) in [6.45, 7) is 2.47. The Labute approximate surface area is 137 Å². The van der Waals surface area contributed by atoms with Gasteiger partial charge >= 0.3 is 0 Å². The fourth-order valence-electron chi connectivity index (χ4n) is 1.84. The monoisotopic (exact) mass is 335 g/mol. The van der Waals surface area contributed by atoms with Crippen LogP contribution in [0.3, 0.4) is 0 Å². The van der Waals surface area contributed by atoms with Gasteiger partial charge in [-0.3, -0.25) is 4.79 Å². The number of benzene rings is 1. The molecule has 7 heteroatoms. The van der Waals surface area contributed by atoms with Crippen LogP contribution in [0.2, 0.25) is 0 Å². The predicted octanol–water partition coefficient (Wildman–Crippen LogP) is 3.44. The molecule has 1 amide bonds. The van der Waals surface area contributed by atoms with E-state index in [1.165, 1.54) is 35.9 Å². The minimum absolute atomic E-state index is 0.119. The summed E-state index contributed by atoms with van der Waals surface area (Å²) in [6.07, 6.45) is 1.99. The van der Waals surface area contributed by atoms with E-state index in [4.69, 9.17) is 4.74 Å². The zero-order valence-electron chi connectivity index (χ0n) is 12.2. The van der Waals surface area contributed by atoms with Crippen LogP contribution in [-0.4, -0.2) is 28.8 Å². The highest BCUT2D eigenvalue weighted by Crippen LogP contribution is 2.34. The van der Waals surface area contributed by atoms with E-state index < -0.39 is 6.10 Å². The highest BCUT2D eigenvalue weighted by atomic mass is 32.2. The summed E-state index contributed by atoms with van der Waals surface area (Å²) in [5, 5.41) is 10.8. The molecule has 0 radical (unpaired) electrons. The minimum Gasteiger partial charge on any atom is -0.368 e. The second-order valence-corrected chi connectivity index (χ2v) is 7.33. The number of amides is 1. The molecule has 1 heterocycles. The number of aromatic nitrogens is 2. The van der Waals surface area contributed by atoms with Gasteiger partial charge in [-0.2, -0.15) is 0 Å². The minimum atomic E-state index is -0.444. The number of rotatable bonds is 7. The Morgan fingerprint density at radius 3 is 3.05 bits per heavy atom. The third-order valence-electron chi connectivity index (χ3n) is 3.33. The third kappa shape index (κ3) is 4.28. The van der Waals surface area contributed by atoms with E-state index in [9.17, 15) is 4.79 Å². The molecule has 5 nitrogen and oxygen atoms in total. The van der Waals surface area contributed by atoms with Crippen molar-refractivity contribution in [1.29, 1.82) is 0 Å². The quantitative estimate of drug-likeness (QED) is 0.839. The second-order valence-electron chi connectivity index (χ2n) is 5.21. The van der Waals surface area contributed by atoms with E-state index in [1.807, 2.05) is 24.3 Å². The number of carbonyl (C=O) groups is 1. The van der Waals surface area contributed by atoms with Crippen molar-refractivity contribution in [1.82, 2.24) is 10.2 Å². The summed E-state index contributed by atoms with van der Waals surface area (Å²) < 4.78 is 6.45. The standard InChI is InChI=1S/C15H17N3O2S2/c1-10(20-8-11-6-7-11)14(19)17-12-4-2-3-5-13(12)22-15-18-16-9-21-15/h2-5,9-11H,6-8H2,1H3,(H,17,19). The maximum atomic E-state index is 12.2. The zero-order valence-corrected chi connectivity index (χ0v) is 13.8. The summed E-state index contributed by atoms with van der Waals surface area (Å²) in [5.41, 5.74) is 2.46. The van der Waals surface area contributed by atoms with Gasteiger partial charge in [0.1, 0.15) is 11.6 Å². The van der Waals surface area contributed by atoms with Crippen LogP contribution in [0.1, 0.15) is 19.8 Å². The van der Waals surface area contributed by atoms with Crippen molar-refractivity contribution in [3.63, 3.8) is 0 Å². The first-order valence-corrected chi connectivity index (χ1v) is 8.87. The molecule has 3 rings (SSSR count). The summed E-state index contributed by atoms with van der Waals surface area (Å²) in [6, 6.07) is 7.67. The van der Waals surface area contributed by atoms with Crippen LogP contribution in [0.25, 0.3) is 0 Å². The molecule has 1 N–H and O–H groups in total. The van der Waals surface area contributed by atoms with Gasteiger partial charge < -0.3 is 10.1 Å². The number of hydrogen-bond acceptors (Lipinski definition) is 6. The predicted molar refractivity (Wildman–Crippen MR) is 87.2 cm³/mol. The number of ether oxygens (including phenoxy) is 1. The lowest BCUT2D eigenvalue weighted by atomic mass is 10.3. The summed E-state index contributed by atoms with van der Waals surface area (Å²) >= 11 is 2.97. The molecule has 0 bridgehead atoms. The lowest BCUT2D eigenvalue weighted by molar-refractivity contribution is -0.126. The number of carbonyl (C=O) groups excluding carboxylic acids is 1. The Hall–Kier alpha value is -1.44. The Bertz CT molecular complexity index is 629. The molecule has 0 aliphatic heterocycles. The zero-order chi connectivity index (χ0) is 15.4. The molecule has 22 heavy (non-hydrogen) atoms. The van der Waals surface area contributed by atoms with Gasteiger partial charge in [0, 0.05) is 4.90 Å². The van der Waals surface area contributed by atoms with Gasteiger partial charge in [0.15, 0.2) is 4.34 Å². The third-order valence-corrected chi connectivity index (χ3v) is 5.18. The van der Waals surface area contributed by atoms with Gasteiger partial charge in [0.25, 0.3) is 5.91 Å². The fraction of sp³-hybridized carbons (Fsp3) is 0.400. The van der Waals surface area contributed by atoms with Crippen molar-refractivity contribution in [2.75, 3.05) is 11.9 Å². The topological polar surface area (TPSA) is 64.1 Å². The molecule has 1 saturated carbocycles. The number of hydrogen-bond donors (Lipinski definition) is 1. The highest BCUT2D eigenvalue weighted by molar-refractivity contribution is 8.01. The van der Waals surface area contributed by atoms with E-state index in [1.54, 1.807) is 12.4 Å². The van der Waals surface area contributed by atoms with Crippen molar-refractivity contribution < 1.29 is 9.53 Å². The maximum absolute atomic E-state index is 12.2. The van der Waals surface area contributed by atoms with Gasteiger partial charge in [0.2, 0.25) is 0 Å². The van der Waals surface area contributed by atoms with E-state index in [0.717, 1.165) is 14.9 Å². The van der Waals surface area contributed by atoms with Crippen LogP contribution in [-0.2, 0) is 9.53 Å². The van der Waals surface area contributed by atoms with Gasteiger partial charge in [-0.15, -0.1) is 10.2 Å². The fourth-order valence-corrected chi connectivity index (χ4v) is 3.36. The Kier molecular flexibility index (Phi) is 5.07. The van der Waals surface area contributed by atoms with Gasteiger partial charge in [0.05, 0.1) is 12.3 Å². The van der Waals surface area contributed by atoms with Crippen molar-refractivity contribution in [2.24, 2.45) is 5.92 Å². The van der Waals surface area contributed by atoms with E-state index >= 15 is 0 Å². The van der Waals surface area contributed by atoms with Crippen LogP contribution in [0.15, 0.2) is 39.0 Å². The molecule has 1 aliphatic carbocycles. The molecule has 0 saturated heterocycles. The van der Waals surface area contributed by atoms with Gasteiger partial charge in [-0.25, -0.2) is 0 Å². The molecule has 0 spiro atoms. The number of nitrogens with zero attached hydrogens (tertiary/aromatic N) is 2. The molecule has 1 fully saturated rings. The summed E-state index contributed by atoms with van der Waals surface area (Å²) in [7, 11) is 0. The smallest absolute Gasteiger partial charge is 0.253 e. The van der Waals surface area contributed by atoms with Crippen LogP contribution in [0, 0.1) is 5.92 Å². The number of para-hydroxylation sites is 1. The molecular weight excluding hydrogens is 318 g/mol. The molecule has 1 aromatic heterocycles. The largest absolute Gasteiger partial charge is 0.368 e. The molecule has 116 valence electrons. The van der Waals surface area contributed by atoms with Gasteiger partial charge in [-0.1, -0.05) is 35.2 Å². The molecule has 1 atom stereocenters. The SMILES string of the molecule is CC(OCC1CC1)C(=O)Nc1ccccc1Sc1nncs1. The van der Waals surface area contributed by atoms with Crippen molar-refractivity contribution >= 4 is 34.7 Å². The number of anilines is 1. The van der Waals surface area contributed by atoms with E-state index in [2.05, 4.69) is 15.5 Å². The normalized spacial score (nSPS) is 15.5. The lowest BCUT2D eigenvalue weighted by Gasteiger charge is -2.14. The molecule has 1 unspecified atom stereocenters. The van der Waals surface area contributed by atoms with Crippen LogP contribution in [0.5, 0.6) is 0 Å². The average molecular weight is 335 g/mol. The maximum Gasteiger partial charge on any atom is 0.253 e. The van der Waals surface area contributed by atoms with Crippen molar-refractivity contribution in [3.8, 4) is 0 Å².